The normalized spacial score (nSPS) is 10.8. The van der Waals surface area contributed by atoms with Crippen LogP contribution in [0.2, 0.25) is 0 Å². The molecule has 0 N–H and O–H groups in total. The van der Waals surface area contributed by atoms with Crippen molar-refractivity contribution < 1.29 is 9.47 Å². The maximum absolute atomic E-state index is 5.36. The molecule has 5 heteroatoms. The van der Waals surface area contributed by atoms with Crippen LogP contribution in [0.4, 0.5) is 0 Å². The van der Waals surface area contributed by atoms with E-state index in [1.165, 1.54) is 0 Å². The molecule has 2 heterocycles. The molecule has 0 amide bonds. The zero-order valence-electron chi connectivity index (χ0n) is 11.6. The molecule has 0 unspecified atom stereocenters. The minimum atomic E-state index is 0.702. The van der Waals surface area contributed by atoms with Gasteiger partial charge in [-0.05, 0) is 25.1 Å². The number of hydrogen-bond donors (Lipinski definition) is 0. The van der Waals surface area contributed by atoms with Crippen molar-refractivity contribution in [3.8, 4) is 22.8 Å². The largest absolute Gasteiger partial charge is 0.493 e. The molecule has 0 radical (unpaired) electrons. The third-order valence-corrected chi connectivity index (χ3v) is 3.26. The maximum atomic E-state index is 5.36. The van der Waals surface area contributed by atoms with Gasteiger partial charge in [0.2, 0.25) is 0 Å². The lowest BCUT2D eigenvalue weighted by molar-refractivity contribution is 0.355. The Morgan fingerprint density at radius 2 is 1.90 bits per heavy atom. The molecular weight excluding hydrogens is 254 g/mol. The first kappa shape index (κ1) is 12.5. The Labute approximate surface area is 116 Å². The van der Waals surface area contributed by atoms with Crippen molar-refractivity contribution in [2.75, 3.05) is 14.2 Å². The molecule has 1 aromatic carbocycles. The summed E-state index contributed by atoms with van der Waals surface area (Å²) in [7, 11) is 3.26. The first-order chi connectivity index (χ1) is 9.74. The van der Waals surface area contributed by atoms with Crippen LogP contribution in [0.15, 0.2) is 36.8 Å². The van der Waals surface area contributed by atoms with Crippen molar-refractivity contribution in [3.63, 3.8) is 0 Å². The van der Waals surface area contributed by atoms with E-state index < -0.39 is 0 Å². The number of aromatic nitrogens is 3. The highest BCUT2D eigenvalue weighted by molar-refractivity contribution is 5.69. The molecule has 0 aliphatic carbocycles. The lowest BCUT2D eigenvalue weighted by Gasteiger charge is -2.10. The highest BCUT2D eigenvalue weighted by atomic mass is 16.5. The van der Waals surface area contributed by atoms with Crippen LogP contribution in [0.3, 0.4) is 0 Å². The van der Waals surface area contributed by atoms with Crippen LogP contribution in [0.25, 0.3) is 16.9 Å². The van der Waals surface area contributed by atoms with E-state index in [9.17, 15) is 0 Å². The number of fused-ring (bicyclic) bond motifs is 1. The van der Waals surface area contributed by atoms with Gasteiger partial charge in [-0.3, -0.25) is 9.38 Å². The number of methoxy groups -OCH3 is 2. The Hall–Kier alpha value is -2.56. The molecule has 0 fully saturated rings. The maximum Gasteiger partial charge on any atom is 0.161 e. The topological polar surface area (TPSA) is 48.7 Å². The van der Waals surface area contributed by atoms with Gasteiger partial charge in [0.15, 0.2) is 17.1 Å². The number of hydrogen-bond acceptors (Lipinski definition) is 4. The summed E-state index contributed by atoms with van der Waals surface area (Å²) in [5.41, 5.74) is 3.84. The van der Waals surface area contributed by atoms with Gasteiger partial charge in [-0.25, -0.2) is 4.98 Å². The lowest BCUT2D eigenvalue weighted by Crippen LogP contribution is -1.93. The van der Waals surface area contributed by atoms with Gasteiger partial charge in [0.05, 0.1) is 31.8 Å². The Kier molecular flexibility index (Phi) is 3.02. The van der Waals surface area contributed by atoms with Gasteiger partial charge < -0.3 is 9.47 Å². The van der Waals surface area contributed by atoms with Crippen molar-refractivity contribution in [2.24, 2.45) is 0 Å². The first-order valence-electron chi connectivity index (χ1n) is 6.25. The Morgan fingerprint density at radius 1 is 1.10 bits per heavy atom. The fourth-order valence-electron chi connectivity index (χ4n) is 2.36. The summed E-state index contributed by atoms with van der Waals surface area (Å²) in [4.78, 5) is 8.61. The monoisotopic (exact) mass is 269 g/mol. The molecule has 0 aliphatic rings. The van der Waals surface area contributed by atoms with E-state index in [0.717, 1.165) is 22.6 Å². The summed E-state index contributed by atoms with van der Waals surface area (Å²) in [5.74, 6) is 1.41. The van der Waals surface area contributed by atoms with Crippen molar-refractivity contribution in [1.29, 1.82) is 0 Å². The SMILES string of the molecule is COc1ccc(-c2c(C)nc3cnccn23)cc1OC. The first-order valence-corrected chi connectivity index (χ1v) is 6.25. The number of aryl methyl sites for hydroxylation is 1. The van der Waals surface area contributed by atoms with Crippen LogP contribution in [0.1, 0.15) is 5.69 Å². The highest BCUT2D eigenvalue weighted by Crippen LogP contribution is 2.33. The van der Waals surface area contributed by atoms with E-state index in [-0.39, 0.29) is 0 Å². The molecule has 0 aliphatic heterocycles. The molecule has 20 heavy (non-hydrogen) atoms. The second-order valence-electron chi connectivity index (χ2n) is 4.42. The van der Waals surface area contributed by atoms with E-state index in [1.807, 2.05) is 35.7 Å². The van der Waals surface area contributed by atoms with E-state index >= 15 is 0 Å². The number of nitrogens with zero attached hydrogens (tertiary/aromatic N) is 3. The van der Waals surface area contributed by atoms with E-state index in [2.05, 4.69) is 9.97 Å². The molecule has 3 rings (SSSR count). The van der Waals surface area contributed by atoms with Gasteiger partial charge in [-0.1, -0.05) is 0 Å². The minimum absolute atomic E-state index is 0.702. The van der Waals surface area contributed by atoms with Crippen molar-refractivity contribution >= 4 is 5.65 Å². The molecule has 0 bridgehead atoms. The van der Waals surface area contributed by atoms with Crippen molar-refractivity contribution in [1.82, 2.24) is 14.4 Å². The van der Waals surface area contributed by atoms with Gasteiger partial charge in [0.25, 0.3) is 0 Å². The summed E-state index contributed by atoms with van der Waals surface area (Å²) in [5, 5.41) is 0. The summed E-state index contributed by atoms with van der Waals surface area (Å²) in [6.07, 6.45) is 5.40. The quantitative estimate of drug-likeness (QED) is 0.733. The van der Waals surface area contributed by atoms with Gasteiger partial charge in [0.1, 0.15) is 0 Å². The summed E-state index contributed by atoms with van der Waals surface area (Å²) in [6.45, 7) is 1.99. The average Bonchev–Trinajstić information content (AvgIpc) is 2.82. The van der Waals surface area contributed by atoms with Crippen LogP contribution in [-0.4, -0.2) is 28.6 Å². The molecular formula is C15H15N3O2. The molecule has 0 saturated carbocycles. The fraction of sp³-hybridized carbons (Fsp3) is 0.200. The molecule has 102 valence electrons. The highest BCUT2D eigenvalue weighted by Gasteiger charge is 2.13. The van der Waals surface area contributed by atoms with E-state index in [0.29, 0.717) is 11.5 Å². The average molecular weight is 269 g/mol. The van der Waals surface area contributed by atoms with Crippen LogP contribution >= 0.6 is 0 Å². The lowest BCUT2D eigenvalue weighted by atomic mass is 10.1. The summed E-state index contributed by atoms with van der Waals surface area (Å²) < 4.78 is 12.6. The number of benzene rings is 1. The molecule has 3 aromatic rings. The molecule has 0 spiro atoms. The zero-order chi connectivity index (χ0) is 14.1. The predicted molar refractivity (Wildman–Crippen MR) is 76.3 cm³/mol. The van der Waals surface area contributed by atoms with E-state index in [1.54, 1.807) is 26.6 Å². The molecule has 2 aromatic heterocycles. The van der Waals surface area contributed by atoms with Gasteiger partial charge in [-0.15, -0.1) is 0 Å². The van der Waals surface area contributed by atoms with Crippen LogP contribution in [0.5, 0.6) is 11.5 Å². The summed E-state index contributed by atoms with van der Waals surface area (Å²) >= 11 is 0. The van der Waals surface area contributed by atoms with Crippen LogP contribution < -0.4 is 9.47 Å². The minimum Gasteiger partial charge on any atom is -0.493 e. The van der Waals surface area contributed by atoms with Gasteiger partial charge >= 0.3 is 0 Å². The third kappa shape index (κ3) is 1.87. The Bertz CT molecular complexity index is 765. The summed E-state index contributed by atoms with van der Waals surface area (Å²) in [6, 6.07) is 5.85. The predicted octanol–water partition coefficient (Wildman–Crippen LogP) is 2.72. The molecule has 5 nitrogen and oxygen atoms in total. The number of rotatable bonds is 3. The second kappa shape index (κ2) is 4.85. The van der Waals surface area contributed by atoms with Crippen molar-refractivity contribution in [2.45, 2.75) is 6.92 Å². The second-order valence-corrected chi connectivity index (χ2v) is 4.42. The standard InChI is InChI=1S/C15H15N3O2/c1-10-15(18-7-6-16-9-14(18)17-10)11-4-5-12(19-2)13(8-11)20-3/h4-9H,1-3H3. The molecule has 0 saturated heterocycles. The number of ether oxygens (including phenoxy) is 2. The fourth-order valence-corrected chi connectivity index (χ4v) is 2.36. The Morgan fingerprint density at radius 3 is 2.65 bits per heavy atom. The van der Waals surface area contributed by atoms with Gasteiger partial charge in [0, 0.05) is 18.0 Å². The smallest absolute Gasteiger partial charge is 0.161 e. The van der Waals surface area contributed by atoms with Crippen LogP contribution in [0, 0.1) is 6.92 Å². The zero-order valence-corrected chi connectivity index (χ0v) is 11.6. The third-order valence-electron chi connectivity index (χ3n) is 3.26. The van der Waals surface area contributed by atoms with Crippen LogP contribution in [-0.2, 0) is 0 Å². The molecule has 0 atom stereocenters. The van der Waals surface area contributed by atoms with Gasteiger partial charge in [-0.2, -0.15) is 0 Å². The van der Waals surface area contributed by atoms with E-state index in [4.69, 9.17) is 9.47 Å². The number of imidazole rings is 1. The van der Waals surface area contributed by atoms with Crippen molar-refractivity contribution in [3.05, 3.63) is 42.5 Å². The Balaban J connectivity index is 2.23.